The molecule has 0 fully saturated rings. The maximum Gasteiger partial charge on any atom is 0.186 e. The molecule has 4 heteroatoms. The van der Waals surface area contributed by atoms with Crippen LogP contribution in [0, 0.1) is 0 Å². The van der Waals surface area contributed by atoms with Gasteiger partial charge in [0.1, 0.15) is 0 Å². The Morgan fingerprint density at radius 3 is 2.56 bits per heavy atom. The van der Waals surface area contributed by atoms with E-state index in [1.54, 1.807) is 0 Å². The molecule has 0 aromatic rings. The lowest BCUT2D eigenvalue weighted by Gasteiger charge is -2.01. The molecule has 0 amide bonds. The Bertz CT molecular complexity index is 98.4. The fraction of sp³-hybridized carbons (Fsp3) is 0.800. The van der Waals surface area contributed by atoms with Crippen LogP contribution in [0.5, 0.6) is 0 Å². The summed E-state index contributed by atoms with van der Waals surface area (Å²) < 4.78 is 0. The van der Waals surface area contributed by atoms with E-state index in [1.807, 2.05) is 6.92 Å². The van der Waals surface area contributed by atoms with Crippen LogP contribution in [-0.4, -0.2) is 23.7 Å². The van der Waals surface area contributed by atoms with E-state index in [0.29, 0.717) is 6.42 Å². The Morgan fingerprint density at radius 1 is 1.67 bits per heavy atom. The summed E-state index contributed by atoms with van der Waals surface area (Å²) in [6.07, 6.45) is 0.609. The molecule has 0 aliphatic carbocycles. The summed E-state index contributed by atoms with van der Waals surface area (Å²) >= 11 is 0. The minimum Gasteiger partial charge on any atom is -0.396 e. The van der Waals surface area contributed by atoms with Crippen molar-refractivity contribution < 1.29 is 5.11 Å². The Balaban J connectivity index is 3.49. The number of nitrogens with zero attached hydrogens (tertiary/aromatic N) is 1. The summed E-state index contributed by atoms with van der Waals surface area (Å²) in [5.74, 6) is 0.0796. The van der Waals surface area contributed by atoms with E-state index in [4.69, 9.17) is 16.6 Å². The molecule has 0 radical (unpaired) electrons. The summed E-state index contributed by atoms with van der Waals surface area (Å²) in [4.78, 5) is 3.78. The first-order valence-corrected chi connectivity index (χ1v) is 2.86. The van der Waals surface area contributed by atoms with Crippen molar-refractivity contribution in [1.82, 2.24) is 0 Å². The molecule has 54 valence electrons. The first-order chi connectivity index (χ1) is 4.16. The van der Waals surface area contributed by atoms with E-state index >= 15 is 0 Å². The van der Waals surface area contributed by atoms with Gasteiger partial charge < -0.3 is 16.6 Å². The number of aliphatic imine (C=N–C) groups is 1. The number of aliphatic hydroxyl groups is 1. The van der Waals surface area contributed by atoms with E-state index in [1.165, 1.54) is 0 Å². The van der Waals surface area contributed by atoms with E-state index in [-0.39, 0.29) is 18.6 Å². The lowest BCUT2D eigenvalue weighted by atomic mass is 10.3. The van der Waals surface area contributed by atoms with Crippen molar-refractivity contribution in [1.29, 1.82) is 0 Å². The zero-order valence-corrected chi connectivity index (χ0v) is 5.54. The third kappa shape index (κ3) is 5.10. The molecule has 0 heterocycles. The highest BCUT2D eigenvalue weighted by molar-refractivity contribution is 5.75. The van der Waals surface area contributed by atoms with Gasteiger partial charge in [0.2, 0.25) is 0 Å². The van der Waals surface area contributed by atoms with Gasteiger partial charge >= 0.3 is 0 Å². The quantitative estimate of drug-likeness (QED) is 0.340. The van der Waals surface area contributed by atoms with Gasteiger partial charge in [-0.3, -0.25) is 4.99 Å². The van der Waals surface area contributed by atoms with Gasteiger partial charge in [-0.1, -0.05) is 0 Å². The molecule has 0 aromatic carbocycles. The van der Waals surface area contributed by atoms with Gasteiger partial charge in [0.05, 0.1) is 6.04 Å². The predicted molar refractivity (Wildman–Crippen MR) is 37.0 cm³/mol. The van der Waals surface area contributed by atoms with Gasteiger partial charge in [-0.15, -0.1) is 0 Å². The molecule has 5 N–H and O–H groups in total. The Kier molecular flexibility index (Phi) is 3.79. The van der Waals surface area contributed by atoms with Crippen LogP contribution < -0.4 is 11.5 Å². The van der Waals surface area contributed by atoms with Crippen molar-refractivity contribution in [3.63, 3.8) is 0 Å². The molecule has 0 spiro atoms. The van der Waals surface area contributed by atoms with E-state index < -0.39 is 0 Å². The molecule has 9 heavy (non-hydrogen) atoms. The highest BCUT2D eigenvalue weighted by Crippen LogP contribution is 1.92. The molecule has 4 nitrogen and oxygen atoms in total. The van der Waals surface area contributed by atoms with E-state index in [2.05, 4.69) is 4.99 Å². The van der Waals surface area contributed by atoms with Crippen LogP contribution in [0.3, 0.4) is 0 Å². The normalized spacial score (nSPS) is 12.7. The van der Waals surface area contributed by atoms with Gasteiger partial charge in [-0.05, 0) is 13.3 Å². The lowest BCUT2D eigenvalue weighted by molar-refractivity contribution is 0.279. The number of rotatable bonds is 3. The van der Waals surface area contributed by atoms with Crippen LogP contribution in [0.2, 0.25) is 0 Å². The molecule has 0 saturated carbocycles. The van der Waals surface area contributed by atoms with Crippen LogP contribution in [0.25, 0.3) is 0 Å². The molecule has 1 atom stereocenters. The summed E-state index contributed by atoms with van der Waals surface area (Å²) in [5.41, 5.74) is 10.1. The zero-order chi connectivity index (χ0) is 7.28. The Labute approximate surface area is 54.6 Å². The zero-order valence-electron chi connectivity index (χ0n) is 5.54. The minimum atomic E-state index is 0.0278. The molecule has 0 bridgehead atoms. The number of guanidine groups is 1. The number of hydrogen-bond donors (Lipinski definition) is 3. The second kappa shape index (κ2) is 4.14. The van der Waals surface area contributed by atoms with Crippen molar-refractivity contribution in [3.05, 3.63) is 0 Å². The smallest absolute Gasteiger partial charge is 0.186 e. The minimum absolute atomic E-state index is 0.0278. The molecular weight excluding hydrogens is 118 g/mol. The first-order valence-electron chi connectivity index (χ1n) is 2.86. The van der Waals surface area contributed by atoms with Crippen LogP contribution in [0.15, 0.2) is 4.99 Å². The summed E-state index contributed by atoms with van der Waals surface area (Å²) in [7, 11) is 0. The summed E-state index contributed by atoms with van der Waals surface area (Å²) in [5, 5.41) is 8.40. The molecule has 0 rings (SSSR count). The lowest BCUT2D eigenvalue weighted by Crippen LogP contribution is -2.25. The highest BCUT2D eigenvalue weighted by atomic mass is 16.3. The monoisotopic (exact) mass is 131 g/mol. The third-order valence-corrected chi connectivity index (χ3v) is 0.916. The van der Waals surface area contributed by atoms with Gasteiger partial charge in [-0.2, -0.15) is 0 Å². The third-order valence-electron chi connectivity index (χ3n) is 0.916. The first kappa shape index (κ1) is 8.23. The molecule has 0 aliphatic rings. The van der Waals surface area contributed by atoms with Gasteiger partial charge in [0, 0.05) is 6.61 Å². The van der Waals surface area contributed by atoms with Crippen molar-refractivity contribution in [3.8, 4) is 0 Å². The largest absolute Gasteiger partial charge is 0.396 e. The summed E-state index contributed by atoms with van der Waals surface area (Å²) in [6, 6.07) is 0.0278. The molecule has 0 saturated heterocycles. The topological polar surface area (TPSA) is 84.6 Å². The fourth-order valence-corrected chi connectivity index (χ4v) is 0.506. The van der Waals surface area contributed by atoms with E-state index in [0.717, 1.165) is 0 Å². The van der Waals surface area contributed by atoms with Crippen molar-refractivity contribution in [2.75, 3.05) is 6.61 Å². The van der Waals surface area contributed by atoms with Crippen molar-refractivity contribution in [2.24, 2.45) is 16.5 Å². The average Bonchev–Trinajstić information content (AvgIpc) is 1.63. The van der Waals surface area contributed by atoms with E-state index in [9.17, 15) is 0 Å². The Hall–Kier alpha value is -0.770. The second-order valence-corrected chi connectivity index (χ2v) is 1.92. The summed E-state index contributed by atoms with van der Waals surface area (Å²) in [6.45, 7) is 1.97. The Morgan fingerprint density at radius 2 is 2.22 bits per heavy atom. The van der Waals surface area contributed by atoms with Crippen LogP contribution in [0.4, 0.5) is 0 Å². The highest BCUT2D eigenvalue weighted by Gasteiger charge is 1.95. The maximum absolute atomic E-state index is 8.40. The molecule has 1 unspecified atom stereocenters. The van der Waals surface area contributed by atoms with Crippen molar-refractivity contribution >= 4 is 5.96 Å². The number of nitrogens with two attached hydrogens (primary N) is 2. The van der Waals surface area contributed by atoms with Gasteiger partial charge in [0.15, 0.2) is 5.96 Å². The number of aliphatic hydroxyl groups excluding tert-OH is 1. The standard InChI is InChI=1S/C5H13N3O/c1-4(2-3-9)8-5(6)7/h4,9H,2-3H2,1H3,(H4,6,7,8). The fourth-order valence-electron chi connectivity index (χ4n) is 0.506. The molecule has 0 aliphatic heterocycles. The number of hydrogen-bond acceptors (Lipinski definition) is 2. The van der Waals surface area contributed by atoms with Crippen molar-refractivity contribution in [2.45, 2.75) is 19.4 Å². The van der Waals surface area contributed by atoms with Crippen LogP contribution >= 0.6 is 0 Å². The predicted octanol–water partition coefficient (Wildman–Crippen LogP) is -0.969. The molecule has 0 aromatic heterocycles. The van der Waals surface area contributed by atoms with Gasteiger partial charge in [-0.25, -0.2) is 0 Å². The SMILES string of the molecule is CC(CCO)N=C(N)N. The maximum atomic E-state index is 8.40. The second-order valence-electron chi connectivity index (χ2n) is 1.92. The van der Waals surface area contributed by atoms with Crippen LogP contribution in [0.1, 0.15) is 13.3 Å². The average molecular weight is 131 g/mol. The molecular formula is C5H13N3O. The van der Waals surface area contributed by atoms with Crippen LogP contribution in [-0.2, 0) is 0 Å². The van der Waals surface area contributed by atoms with Gasteiger partial charge in [0.25, 0.3) is 0 Å².